The molecule has 0 fully saturated rings. The van der Waals surface area contributed by atoms with E-state index in [0.717, 1.165) is 18.5 Å². The van der Waals surface area contributed by atoms with Gasteiger partial charge in [0.25, 0.3) is 0 Å². The van der Waals surface area contributed by atoms with Crippen molar-refractivity contribution < 1.29 is 0 Å². The monoisotopic (exact) mass is 249 g/mol. The Morgan fingerprint density at radius 1 is 1.33 bits per heavy atom. The fourth-order valence-corrected chi connectivity index (χ4v) is 2.01. The molecule has 0 spiro atoms. The van der Waals surface area contributed by atoms with Gasteiger partial charge in [0.05, 0.1) is 0 Å². The van der Waals surface area contributed by atoms with E-state index in [1.54, 1.807) is 0 Å². The van der Waals surface area contributed by atoms with Crippen LogP contribution < -0.4 is 5.32 Å². The number of pyridine rings is 1. The molecule has 0 aliphatic rings. The van der Waals surface area contributed by atoms with Gasteiger partial charge in [0.2, 0.25) is 0 Å². The van der Waals surface area contributed by atoms with Crippen molar-refractivity contribution in [1.82, 2.24) is 15.2 Å². The molecule has 3 heteroatoms. The SMILES string of the molecule is CCc1ccc(CC(NC)C(C)(C)N(C)C)nc1. The highest BCUT2D eigenvalue weighted by Crippen LogP contribution is 2.18. The molecule has 0 saturated heterocycles. The molecule has 1 unspecified atom stereocenters. The van der Waals surface area contributed by atoms with Gasteiger partial charge in [0.15, 0.2) is 0 Å². The van der Waals surface area contributed by atoms with Crippen LogP contribution in [0.2, 0.25) is 0 Å². The van der Waals surface area contributed by atoms with Gasteiger partial charge in [0, 0.05) is 29.9 Å². The zero-order valence-corrected chi connectivity index (χ0v) is 12.6. The Hall–Kier alpha value is -0.930. The minimum absolute atomic E-state index is 0.0971. The summed E-state index contributed by atoms with van der Waals surface area (Å²) in [6.07, 6.45) is 3.99. The number of hydrogen-bond donors (Lipinski definition) is 1. The van der Waals surface area contributed by atoms with Gasteiger partial charge in [-0.3, -0.25) is 4.98 Å². The number of nitrogens with zero attached hydrogens (tertiary/aromatic N) is 2. The van der Waals surface area contributed by atoms with Gasteiger partial charge in [-0.15, -0.1) is 0 Å². The van der Waals surface area contributed by atoms with Crippen molar-refractivity contribution in [3.05, 3.63) is 29.6 Å². The lowest BCUT2D eigenvalue weighted by molar-refractivity contribution is 0.141. The Labute approximate surface area is 112 Å². The summed E-state index contributed by atoms with van der Waals surface area (Å²) in [5.74, 6) is 0. The molecule has 0 bridgehead atoms. The van der Waals surface area contributed by atoms with E-state index < -0.39 is 0 Å². The van der Waals surface area contributed by atoms with Crippen LogP contribution in [-0.4, -0.2) is 42.6 Å². The first-order chi connectivity index (χ1) is 8.41. The van der Waals surface area contributed by atoms with Crippen molar-refractivity contribution >= 4 is 0 Å². The molecule has 1 aromatic heterocycles. The third-order valence-electron chi connectivity index (χ3n) is 4.06. The fourth-order valence-electron chi connectivity index (χ4n) is 2.01. The summed E-state index contributed by atoms with van der Waals surface area (Å²) in [7, 11) is 6.27. The van der Waals surface area contributed by atoms with Gasteiger partial charge < -0.3 is 10.2 Å². The first-order valence-corrected chi connectivity index (χ1v) is 6.70. The van der Waals surface area contributed by atoms with Crippen LogP contribution in [0.5, 0.6) is 0 Å². The number of nitrogens with one attached hydrogen (secondary N) is 1. The lowest BCUT2D eigenvalue weighted by atomic mass is 9.89. The Kier molecular flexibility index (Phi) is 5.29. The number of aromatic nitrogens is 1. The number of likely N-dealkylation sites (N-methyl/N-ethyl adjacent to an activating group) is 2. The molecule has 0 aliphatic heterocycles. The van der Waals surface area contributed by atoms with E-state index in [4.69, 9.17) is 0 Å². The zero-order valence-electron chi connectivity index (χ0n) is 12.6. The van der Waals surface area contributed by atoms with Crippen molar-refractivity contribution in [2.45, 2.75) is 45.2 Å². The maximum Gasteiger partial charge on any atom is 0.0420 e. The molecular weight excluding hydrogens is 222 g/mol. The molecule has 18 heavy (non-hydrogen) atoms. The second-order valence-electron chi connectivity index (χ2n) is 5.60. The van der Waals surface area contributed by atoms with Gasteiger partial charge in [-0.1, -0.05) is 13.0 Å². The van der Waals surface area contributed by atoms with Crippen LogP contribution in [-0.2, 0) is 12.8 Å². The summed E-state index contributed by atoms with van der Waals surface area (Å²) in [5, 5.41) is 3.42. The second-order valence-corrected chi connectivity index (χ2v) is 5.60. The average Bonchev–Trinajstić information content (AvgIpc) is 2.36. The first kappa shape index (κ1) is 15.1. The number of aryl methyl sites for hydroxylation is 1. The van der Waals surface area contributed by atoms with Gasteiger partial charge >= 0.3 is 0 Å². The predicted molar refractivity (Wildman–Crippen MR) is 77.9 cm³/mol. The van der Waals surface area contributed by atoms with Crippen LogP contribution in [0.15, 0.2) is 18.3 Å². The highest BCUT2D eigenvalue weighted by molar-refractivity contribution is 5.15. The molecule has 0 aromatic carbocycles. The van der Waals surface area contributed by atoms with Gasteiger partial charge in [-0.25, -0.2) is 0 Å². The van der Waals surface area contributed by atoms with E-state index in [0.29, 0.717) is 6.04 Å². The molecule has 1 rings (SSSR count). The van der Waals surface area contributed by atoms with Gasteiger partial charge in [-0.05, 0) is 53.0 Å². The topological polar surface area (TPSA) is 28.2 Å². The number of rotatable bonds is 6. The largest absolute Gasteiger partial charge is 0.315 e. The molecule has 0 radical (unpaired) electrons. The Morgan fingerprint density at radius 3 is 2.39 bits per heavy atom. The Balaban J connectivity index is 2.79. The van der Waals surface area contributed by atoms with Crippen molar-refractivity contribution in [2.24, 2.45) is 0 Å². The van der Waals surface area contributed by atoms with E-state index in [-0.39, 0.29) is 5.54 Å². The molecular formula is C15H27N3. The quantitative estimate of drug-likeness (QED) is 0.837. The normalized spacial score (nSPS) is 13.9. The highest BCUT2D eigenvalue weighted by atomic mass is 15.2. The lowest BCUT2D eigenvalue weighted by Crippen LogP contribution is -2.55. The second kappa shape index (κ2) is 6.30. The van der Waals surface area contributed by atoms with Crippen LogP contribution >= 0.6 is 0 Å². The lowest BCUT2D eigenvalue weighted by Gasteiger charge is -2.40. The summed E-state index contributed by atoms with van der Waals surface area (Å²) >= 11 is 0. The Morgan fingerprint density at radius 2 is 2.00 bits per heavy atom. The van der Waals surface area contributed by atoms with Crippen LogP contribution in [0.3, 0.4) is 0 Å². The van der Waals surface area contributed by atoms with Crippen LogP contribution in [0.25, 0.3) is 0 Å². The average molecular weight is 249 g/mol. The maximum atomic E-state index is 4.55. The van der Waals surface area contributed by atoms with Crippen molar-refractivity contribution in [3.8, 4) is 0 Å². The summed E-state index contributed by atoms with van der Waals surface area (Å²) < 4.78 is 0. The van der Waals surface area contributed by atoms with Crippen LogP contribution in [0.1, 0.15) is 32.0 Å². The molecule has 0 aliphatic carbocycles. The molecule has 1 N–H and O–H groups in total. The van der Waals surface area contributed by atoms with Crippen LogP contribution in [0, 0.1) is 0 Å². The minimum atomic E-state index is 0.0971. The van der Waals surface area contributed by atoms with Crippen molar-refractivity contribution in [1.29, 1.82) is 0 Å². The molecule has 1 aromatic rings. The van der Waals surface area contributed by atoms with Gasteiger partial charge in [0.1, 0.15) is 0 Å². The molecule has 1 heterocycles. The maximum absolute atomic E-state index is 4.55. The first-order valence-electron chi connectivity index (χ1n) is 6.70. The van der Waals surface area contributed by atoms with Gasteiger partial charge in [-0.2, -0.15) is 0 Å². The van der Waals surface area contributed by atoms with Crippen molar-refractivity contribution in [2.75, 3.05) is 21.1 Å². The van der Waals surface area contributed by atoms with E-state index in [1.165, 1.54) is 5.56 Å². The van der Waals surface area contributed by atoms with E-state index in [2.05, 4.69) is 62.2 Å². The van der Waals surface area contributed by atoms with E-state index >= 15 is 0 Å². The Bertz CT molecular complexity index is 355. The molecule has 1 atom stereocenters. The predicted octanol–water partition coefficient (Wildman–Crippen LogP) is 2.11. The molecule has 0 amide bonds. The molecule has 102 valence electrons. The number of hydrogen-bond acceptors (Lipinski definition) is 3. The smallest absolute Gasteiger partial charge is 0.0420 e. The summed E-state index contributed by atoms with van der Waals surface area (Å²) in [5.41, 5.74) is 2.55. The standard InChI is InChI=1S/C15H27N3/c1-7-12-8-9-13(17-11-12)10-14(16-4)15(2,3)18(5)6/h8-9,11,14,16H,7,10H2,1-6H3. The molecule has 0 saturated carbocycles. The summed E-state index contributed by atoms with van der Waals surface area (Å²) in [6.45, 7) is 6.67. The zero-order chi connectivity index (χ0) is 13.8. The third-order valence-corrected chi connectivity index (χ3v) is 4.06. The summed E-state index contributed by atoms with van der Waals surface area (Å²) in [6, 6.07) is 4.71. The van der Waals surface area contributed by atoms with Crippen molar-refractivity contribution in [3.63, 3.8) is 0 Å². The van der Waals surface area contributed by atoms with Crippen LogP contribution in [0.4, 0.5) is 0 Å². The third kappa shape index (κ3) is 3.53. The highest BCUT2D eigenvalue weighted by Gasteiger charge is 2.30. The minimum Gasteiger partial charge on any atom is -0.315 e. The molecule has 3 nitrogen and oxygen atoms in total. The fraction of sp³-hybridized carbons (Fsp3) is 0.667. The van der Waals surface area contributed by atoms with E-state index in [9.17, 15) is 0 Å². The van der Waals surface area contributed by atoms with E-state index in [1.807, 2.05) is 13.2 Å². The summed E-state index contributed by atoms with van der Waals surface area (Å²) in [4.78, 5) is 6.81.